The summed E-state index contributed by atoms with van der Waals surface area (Å²) in [6.07, 6.45) is 5.80. The Hall–Kier alpha value is -0.0800. The Kier molecular flexibility index (Phi) is 5.08. The van der Waals surface area contributed by atoms with E-state index in [0.717, 1.165) is 23.8 Å². The molecule has 0 aromatic heterocycles. The molecule has 1 N–H and O–H groups in total. The molecule has 2 nitrogen and oxygen atoms in total. The summed E-state index contributed by atoms with van der Waals surface area (Å²) in [5, 5.41) is 3.69. The van der Waals surface area contributed by atoms with E-state index in [2.05, 4.69) is 37.9 Å². The van der Waals surface area contributed by atoms with Crippen LogP contribution in [0.5, 0.6) is 0 Å². The van der Waals surface area contributed by atoms with Crippen molar-refractivity contribution in [3.05, 3.63) is 0 Å². The Morgan fingerprint density at radius 1 is 1.00 bits per heavy atom. The van der Waals surface area contributed by atoms with Gasteiger partial charge in [-0.3, -0.25) is 4.90 Å². The van der Waals surface area contributed by atoms with Crippen molar-refractivity contribution in [2.75, 3.05) is 19.6 Å². The molecule has 0 aromatic carbocycles. The first-order valence-corrected chi connectivity index (χ1v) is 8.07. The lowest BCUT2D eigenvalue weighted by Gasteiger charge is -2.46. The average Bonchev–Trinajstić information content (AvgIpc) is 2.39. The second-order valence-corrected chi connectivity index (χ2v) is 7.06. The van der Waals surface area contributed by atoms with E-state index in [1.807, 2.05) is 0 Å². The van der Waals surface area contributed by atoms with E-state index in [4.69, 9.17) is 0 Å². The molecule has 1 saturated heterocycles. The third-order valence-electron chi connectivity index (χ3n) is 5.15. The molecule has 2 fully saturated rings. The van der Waals surface area contributed by atoms with Crippen molar-refractivity contribution in [1.29, 1.82) is 0 Å². The Balaban J connectivity index is 1.99. The average molecular weight is 252 g/mol. The van der Waals surface area contributed by atoms with E-state index in [9.17, 15) is 0 Å². The molecular formula is C16H32N2. The predicted octanol–water partition coefficient (Wildman–Crippen LogP) is 3.13. The molecule has 2 heteroatoms. The molecule has 1 aliphatic heterocycles. The molecule has 2 aliphatic rings. The van der Waals surface area contributed by atoms with Crippen molar-refractivity contribution in [1.82, 2.24) is 10.2 Å². The van der Waals surface area contributed by atoms with Crippen LogP contribution < -0.4 is 5.32 Å². The summed E-state index contributed by atoms with van der Waals surface area (Å²) < 4.78 is 0. The van der Waals surface area contributed by atoms with Gasteiger partial charge in [-0.1, -0.05) is 40.5 Å². The van der Waals surface area contributed by atoms with Gasteiger partial charge in [-0.05, 0) is 30.6 Å². The first-order valence-electron chi connectivity index (χ1n) is 8.07. The Morgan fingerprint density at radius 3 is 2.39 bits per heavy atom. The van der Waals surface area contributed by atoms with Gasteiger partial charge in [0.25, 0.3) is 0 Å². The standard InChI is InChI=1S/C16H32N2/c1-12(2)14-7-5-6-8-16(14)18-10-9-17-15(11-18)13(3)4/h12-17H,5-11H2,1-4H3. The van der Waals surface area contributed by atoms with Crippen LogP contribution in [0.25, 0.3) is 0 Å². The fraction of sp³-hybridized carbons (Fsp3) is 1.00. The van der Waals surface area contributed by atoms with Crippen molar-refractivity contribution < 1.29 is 0 Å². The third kappa shape index (κ3) is 3.27. The maximum Gasteiger partial charge on any atom is 0.0218 e. The lowest BCUT2D eigenvalue weighted by atomic mass is 9.76. The van der Waals surface area contributed by atoms with E-state index in [-0.39, 0.29) is 0 Å². The summed E-state index contributed by atoms with van der Waals surface area (Å²) in [6.45, 7) is 13.3. The highest BCUT2D eigenvalue weighted by Crippen LogP contribution is 2.34. The Labute approximate surface area is 114 Å². The van der Waals surface area contributed by atoms with Gasteiger partial charge in [0.1, 0.15) is 0 Å². The summed E-state index contributed by atoms with van der Waals surface area (Å²) in [5.41, 5.74) is 0. The molecule has 3 unspecified atom stereocenters. The number of hydrogen-bond acceptors (Lipinski definition) is 2. The van der Waals surface area contributed by atoms with E-state index >= 15 is 0 Å². The second-order valence-electron chi connectivity index (χ2n) is 7.06. The van der Waals surface area contributed by atoms with Crippen LogP contribution in [0.3, 0.4) is 0 Å². The van der Waals surface area contributed by atoms with Gasteiger partial charge in [0, 0.05) is 31.7 Å². The fourth-order valence-electron chi connectivity index (χ4n) is 3.92. The maximum absolute atomic E-state index is 3.69. The summed E-state index contributed by atoms with van der Waals surface area (Å²) in [5.74, 6) is 2.54. The molecule has 0 spiro atoms. The summed E-state index contributed by atoms with van der Waals surface area (Å²) >= 11 is 0. The molecule has 0 radical (unpaired) electrons. The van der Waals surface area contributed by atoms with Crippen LogP contribution in [0.2, 0.25) is 0 Å². The van der Waals surface area contributed by atoms with Gasteiger partial charge in [0.05, 0.1) is 0 Å². The topological polar surface area (TPSA) is 15.3 Å². The molecule has 2 rings (SSSR count). The zero-order chi connectivity index (χ0) is 13.1. The van der Waals surface area contributed by atoms with E-state index in [0.29, 0.717) is 6.04 Å². The largest absolute Gasteiger partial charge is 0.311 e. The van der Waals surface area contributed by atoms with Crippen LogP contribution in [0.4, 0.5) is 0 Å². The van der Waals surface area contributed by atoms with Crippen LogP contribution >= 0.6 is 0 Å². The molecule has 0 bridgehead atoms. The lowest BCUT2D eigenvalue weighted by molar-refractivity contribution is 0.0482. The first kappa shape index (κ1) is 14.3. The minimum Gasteiger partial charge on any atom is -0.311 e. The normalized spacial score (nSPS) is 35.3. The van der Waals surface area contributed by atoms with Crippen molar-refractivity contribution in [3.63, 3.8) is 0 Å². The lowest BCUT2D eigenvalue weighted by Crippen LogP contribution is -2.58. The SMILES string of the molecule is CC(C)C1CN(C2CCCCC2C(C)C)CCN1. The second kappa shape index (κ2) is 6.38. The van der Waals surface area contributed by atoms with Gasteiger partial charge in [-0.25, -0.2) is 0 Å². The summed E-state index contributed by atoms with van der Waals surface area (Å²) in [4.78, 5) is 2.81. The van der Waals surface area contributed by atoms with Crippen LogP contribution in [-0.4, -0.2) is 36.6 Å². The van der Waals surface area contributed by atoms with Gasteiger partial charge < -0.3 is 5.32 Å². The highest BCUT2D eigenvalue weighted by atomic mass is 15.2. The van der Waals surface area contributed by atoms with E-state index in [1.54, 1.807) is 0 Å². The Bertz CT molecular complexity index is 249. The van der Waals surface area contributed by atoms with Crippen LogP contribution in [0, 0.1) is 17.8 Å². The van der Waals surface area contributed by atoms with Gasteiger partial charge in [0.15, 0.2) is 0 Å². The van der Waals surface area contributed by atoms with Gasteiger partial charge in [-0.2, -0.15) is 0 Å². The van der Waals surface area contributed by atoms with E-state index < -0.39 is 0 Å². The minimum absolute atomic E-state index is 0.702. The predicted molar refractivity (Wildman–Crippen MR) is 78.8 cm³/mol. The summed E-state index contributed by atoms with van der Waals surface area (Å²) in [7, 11) is 0. The number of piperazine rings is 1. The molecule has 18 heavy (non-hydrogen) atoms. The molecule has 1 saturated carbocycles. The summed E-state index contributed by atoms with van der Waals surface area (Å²) in [6, 6.07) is 1.57. The Morgan fingerprint density at radius 2 is 1.72 bits per heavy atom. The van der Waals surface area contributed by atoms with Gasteiger partial charge >= 0.3 is 0 Å². The van der Waals surface area contributed by atoms with Crippen molar-refractivity contribution in [2.45, 2.75) is 65.5 Å². The number of hydrogen-bond donors (Lipinski definition) is 1. The van der Waals surface area contributed by atoms with Crippen molar-refractivity contribution >= 4 is 0 Å². The zero-order valence-electron chi connectivity index (χ0n) is 12.8. The maximum atomic E-state index is 3.69. The fourth-order valence-corrected chi connectivity index (χ4v) is 3.92. The van der Waals surface area contributed by atoms with Crippen LogP contribution in [-0.2, 0) is 0 Å². The molecule has 0 aromatic rings. The van der Waals surface area contributed by atoms with Gasteiger partial charge in [0.2, 0.25) is 0 Å². The van der Waals surface area contributed by atoms with Crippen LogP contribution in [0.1, 0.15) is 53.4 Å². The monoisotopic (exact) mass is 252 g/mol. The van der Waals surface area contributed by atoms with Crippen molar-refractivity contribution in [3.8, 4) is 0 Å². The highest BCUT2D eigenvalue weighted by Gasteiger charge is 2.34. The first-order chi connectivity index (χ1) is 8.59. The molecule has 106 valence electrons. The third-order valence-corrected chi connectivity index (χ3v) is 5.15. The van der Waals surface area contributed by atoms with E-state index in [1.165, 1.54) is 45.3 Å². The molecular weight excluding hydrogens is 220 g/mol. The van der Waals surface area contributed by atoms with Gasteiger partial charge in [-0.15, -0.1) is 0 Å². The quantitative estimate of drug-likeness (QED) is 0.830. The molecule has 0 amide bonds. The van der Waals surface area contributed by atoms with Crippen molar-refractivity contribution in [2.24, 2.45) is 17.8 Å². The number of nitrogens with one attached hydrogen (secondary N) is 1. The number of rotatable bonds is 3. The minimum atomic E-state index is 0.702. The highest BCUT2D eigenvalue weighted by molar-refractivity contribution is 4.90. The van der Waals surface area contributed by atoms with Crippen LogP contribution in [0.15, 0.2) is 0 Å². The molecule has 1 aliphatic carbocycles. The number of nitrogens with zero attached hydrogens (tertiary/aromatic N) is 1. The molecule has 1 heterocycles. The molecule has 3 atom stereocenters. The smallest absolute Gasteiger partial charge is 0.0218 e. The zero-order valence-corrected chi connectivity index (χ0v) is 12.8.